The standard InChI is InChI=1S/C22H29N3O5/c1-29-18-11-9-17(10-12-18)20(14-26)25-21(27)19(23)8-5-13-24-22(28)30-15-16-6-3-2-4-7-16/h2-4,6-7,9-12,19-20,26H,5,8,13-15,23H2,1H3,(H,24,28)(H,25,27)/t19-,20-/m0/s1. The highest BCUT2D eigenvalue weighted by atomic mass is 16.5. The molecule has 2 aromatic rings. The van der Waals surface area contributed by atoms with E-state index in [0.717, 1.165) is 11.1 Å². The molecule has 2 aromatic carbocycles. The first-order chi connectivity index (χ1) is 14.5. The molecule has 2 atom stereocenters. The summed E-state index contributed by atoms with van der Waals surface area (Å²) in [5.41, 5.74) is 7.59. The van der Waals surface area contributed by atoms with Gasteiger partial charge in [-0.1, -0.05) is 42.5 Å². The molecule has 8 nitrogen and oxygen atoms in total. The van der Waals surface area contributed by atoms with E-state index in [9.17, 15) is 14.7 Å². The van der Waals surface area contributed by atoms with Crippen molar-refractivity contribution in [3.05, 3.63) is 65.7 Å². The molecule has 2 rings (SSSR count). The number of hydrogen-bond donors (Lipinski definition) is 4. The summed E-state index contributed by atoms with van der Waals surface area (Å²) in [4.78, 5) is 24.0. The van der Waals surface area contributed by atoms with Gasteiger partial charge in [0.15, 0.2) is 0 Å². The third-order valence-electron chi connectivity index (χ3n) is 4.53. The van der Waals surface area contributed by atoms with Crippen molar-refractivity contribution in [2.45, 2.75) is 31.5 Å². The second-order valence-corrected chi connectivity index (χ2v) is 6.75. The average Bonchev–Trinajstić information content (AvgIpc) is 2.79. The highest BCUT2D eigenvalue weighted by molar-refractivity contribution is 5.81. The van der Waals surface area contributed by atoms with Crippen LogP contribution in [0.2, 0.25) is 0 Å². The molecule has 0 aliphatic rings. The lowest BCUT2D eigenvalue weighted by molar-refractivity contribution is -0.123. The number of carbonyl (C=O) groups excluding carboxylic acids is 2. The fraction of sp³-hybridized carbons (Fsp3) is 0.364. The highest BCUT2D eigenvalue weighted by Gasteiger charge is 2.19. The normalized spacial score (nSPS) is 12.5. The molecule has 0 saturated heterocycles. The van der Waals surface area contributed by atoms with Gasteiger partial charge in [0.05, 0.1) is 25.8 Å². The third-order valence-corrected chi connectivity index (χ3v) is 4.53. The minimum Gasteiger partial charge on any atom is -0.497 e. The van der Waals surface area contributed by atoms with Crippen molar-refractivity contribution in [3.63, 3.8) is 0 Å². The van der Waals surface area contributed by atoms with Crippen LogP contribution in [-0.2, 0) is 16.1 Å². The molecule has 0 aliphatic carbocycles. The second-order valence-electron chi connectivity index (χ2n) is 6.75. The molecule has 5 N–H and O–H groups in total. The Bertz CT molecular complexity index is 783. The summed E-state index contributed by atoms with van der Waals surface area (Å²) in [5, 5.41) is 15.0. The van der Waals surface area contributed by atoms with Gasteiger partial charge in [-0.3, -0.25) is 4.79 Å². The van der Waals surface area contributed by atoms with E-state index >= 15 is 0 Å². The number of benzene rings is 2. The van der Waals surface area contributed by atoms with Crippen LogP contribution in [0.3, 0.4) is 0 Å². The molecule has 0 spiro atoms. The molecule has 0 aliphatic heterocycles. The van der Waals surface area contributed by atoms with Crippen molar-refractivity contribution in [3.8, 4) is 5.75 Å². The second kappa shape index (κ2) is 12.5. The first-order valence-corrected chi connectivity index (χ1v) is 9.78. The summed E-state index contributed by atoms with van der Waals surface area (Å²) in [6.45, 7) is 0.290. The first-order valence-electron chi connectivity index (χ1n) is 9.78. The Morgan fingerprint density at radius 1 is 1.10 bits per heavy atom. The fourth-order valence-electron chi connectivity index (χ4n) is 2.77. The predicted molar refractivity (Wildman–Crippen MR) is 113 cm³/mol. The zero-order chi connectivity index (χ0) is 21.8. The lowest BCUT2D eigenvalue weighted by Gasteiger charge is -2.20. The maximum atomic E-state index is 12.3. The Balaban J connectivity index is 1.67. The largest absolute Gasteiger partial charge is 0.497 e. The zero-order valence-corrected chi connectivity index (χ0v) is 17.0. The number of aliphatic hydroxyl groups is 1. The molecule has 0 saturated carbocycles. The van der Waals surface area contributed by atoms with Gasteiger partial charge >= 0.3 is 6.09 Å². The summed E-state index contributed by atoms with van der Waals surface area (Å²) in [5.74, 6) is 0.324. The number of alkyl carbamates (subject to hydrolysis) is 1. The Morgan fingerprint density at radius 3 is 2.43 bits per heavy atom. The van der Waals surface area contributed by atoms with Gasteiger partial charge in [-0.25, -0.2) is 4.79 Å². The maximum Gasteiger partial charge on any atom is 0.407 e. The molecule has 8 heteroatoms. The Kier molecular flexibility index (Phi) is 9.63. The topological polar surface area (TPSA) is 123 Å². The van der Waals surface area contributed by atoms with Crippen LogP contribution in [0.15, 0.2) is 54.6 Å². The molecule has 0 fully saturated rings. The number of carbonyl (C=O) groups is 2. The summed E-state index contributed by atoms with van der Waals surface area (Å²) < 4.78 is 10.2. The summed E-state index contributed by atoms with van der Waals surface area (Å²) in [6.07, 6.45) is 0.379. The number of amides is 2. The van der Waals surface area contributed by atoms with Crippen molar-refractivity contribution < 1.29 is 24.2 Å². The van der Waals surface area contributed by atoms with Crippen molar-refractivity contribution in [1.82, 2.24) is 10.6 Å². The number of ether oxygens (including phenoxy) is 2. The summed E-state index contributed by atoms with van der Waals surface area (Å²) in [7, 11) is 1.57. The van der Waals surface area contributed by atoms with Crippen LogP contribution in [0.5, 0.6) is 5.75 Å². The van der Waals surface area contributed by atoms with Crippen molar-refractivity contribution >= 4 is 12.0 Å². The molecule has 0 radical (unpaired) electrons. The quantitative estimate of drug-likeness (QED) is 0.416. The van der Waals surface area contributed by atoms with Gasteiger partial charge in [-0.15, -0.1) is 0 Å². The van der Waals surface area contributed by atoms with Gasteiger partial charge in [-0.05, 0) is 36.1 Å². The fourth-order valence-corrected chi connectivity index (χ4v) is 2.77. The number of nitrogens with one attached hydrogen (secondary N) is 2. The van der Waals surface area contributed by atoms with Crippen LogP contribution in [0.4, 0.5) is 4.79 Å². The third kappa shape index (κ3) is 7.73. The van der Waals surface area contributed by atoms with E-state index in [1.165, 1.54) is 0 Å². The van der Waals surface area contributed by atoms with E-state index in [0.29, 0.717) is 25.1 Å². The minimum atomic E-state index is -0.751. The molecule has 2 amide bonds. The van der Waals surface area contributed by atoms with Crippen LogP contribution in [0, 0.1) is 0 Å². The Labute approximate surface area is 176 Å². The van der Waals surface area contributed by atoms with Gasteiger partial charge < -0.3 is 30.9 Å². The van der Waals surface area contributed by atoms with Gasteiger partial charge in [0.1, 0.15) is 12.4 Å². The molecule has 0 unspecified atom stereocenters. The Morgan fingerprint density at radius 2 is 1.80 bits per heavy atom. The van der Waals surface area contributed by atoms with Crippen molar-refractivity contribution in [2.75, 3.05) is 20.3 Å². The van der Waals surface area contributed by atoms with Crippen molar-refractivity contribution in [2.24, 2.45) is 5.73 Å². The van der Waals surface area contributed by atoms with Gasteiger partial charge in [0.25, 0.3) is 0 Å². The van der Waals surface area contributed by atoms with Crippen LogP contribution in [0.1, 0.15) is 30.0 Å². The highest BCUT2D eigenvalue weighted by Crippen LogP contribution is 2.17. The molecular weight excluding hydrogens is 386 g/mol. The lowest BCUT2D eigenvalue weighted by atomic mass is 10.1. The van der Waals surface area contributed by atoms with E-state index in [2.05, 4.69) is 10.6 Å². The first kappa shape index (κ1) is 23.2. The minimum absolute atomic E-state index is 0.197. The number of aliphatic hydroxyl groups excluding tert-OH is 1. The van der Waals surface area contributed by atoms with E-state index in [1.807, 2.05) is 30.3 Å². The van der Waals surface area contributed by atoms with Crippen molar-refractivity contribution in [1.29, 1.82) is 0 Å². The van der Waals surface area contributed by atoms with E-state index in [4.69, 9.17) is 15.2 Å². The number of rotatable bonds is 11. The van der Waals surface area contributed by atoms with Gasteiger partial charge in [-0.2, -0.15) is 0 Å². The summed E-state index contributed by atoms with van der Waals surface area (Å²) in [6, 6.07) is 15.1. The number of nitrogens with two attached hydrogens (primary N) is 1. The average molecular weight is 415 g/mol. The van der Waals surface area contributed by atoms with Crippen LogP contribution < -0.4 is 21.1 Å². The number of methoxy groups -OCH3 is 1. The number of hydrogen-bond acceptors (Lipinski definition) is 6. The molecular formula is C22H29N3O5. The van der Waals surface area contributed by atoms with Crippen LogP contribution >= 0.6 is 0 Å². The molecule has 0 heterocycles. The molecule has 30 heavy (non-hydrogen) atoms. The van der Waals surface area contributed by atoms with Crippen LogP contribution in [0.25, 0.3) is 0 Å². The van der Waals surface area contributed by atoms with E-state index in [1.54, 1.807) is 31.4 Å². The lowest BCUT2D eigenvalue weighted by Crippen LogP contribution is -2.43. The molecule has 0 aromatic heterocycles. The summed E-state index contributed by atoms with van der Waals surface area (Å²) >= 11 is 0. The zero-order valence-electron chi connectivity index (χ0n) is 17.0. The smallest absolute Gasteiger partial charge is 0.407 e. The Hall–Kier alpha value is -3.10. The van der Waals surface area contributed by atoms with E-state index < -0.39 is 18.2 Å². The van der Waals surface area contributed by atoms with E-state index in [-0.39, 0.29) is 19.1 Å². The van der Waals surface area contributed by atoms with Gasteiger partial charge in [0, 0.05) is 6.54 Å². The van der Waals surface area contributed by atoms with Gasteiger partial charge in [0.2, 0.25) is 5.91 Å². The SMILES string of the molecule is COc1ccc([C@H](CO)NC(=O)[C@@H](N)CCCNC(=O)OCc2ccccc2)cc1. The predicted octanol–water partition coefficient (Wildman–Crippen LogP) is 1.88. The molecule has 0 bridgehead atoms. The maximum absolute atomic E-state index is 12.3. The monoisotopic (exact) mass is 415 g/mol. The van der Waals surface area contributed by atoms with Crippen LogP contribution in [-0.4, -0.2) is 43.4 Å². The molecule has 162 valence electrons.